The molecule has 0 spiro atoms. The second kappa shape index (κ2) is 14.1. The zero-order chi connectivity index (χ0) is 38.4. The minimum absolute atomic E-state index is 0.862. The number of benzene rings is 10. The van der Waals surface area contributed by atoms with Crippen molar-refractivity contribution in [3.05, 3.63) is 224 Å². The summed E-state index contributed by atoms with van der Waals surface area (Å²) in [5.74, 6) is 0. The SMILES string of the molecule is c1ccc(-c2ccccc2N(c2cccc(-c3ccc4c(c3)c(-c3ccccc3)c(-c3ccccc3)c3ccccc34)c2)c2cccc3oc4ccccc4c23)cc1. The van der Waals surface area contributed by atoms with E-state index in [1.807, 2.05) is 6.07 Å². The van der Waals surface area contributed by atoms with Gasteiger partial charge in [-0.15, -0.1) is 0 Å². The first-order valence-corrected chi connectivity index (χ1v) is 19.8. The lowest BCUT2D eigenvalue weighted by Crippen LogP contribution is -2.11. The van der Waals surface area contributed by atoms with Gasteiger partial charge in [0, 0.05) is 16.6 Å². The van der Waals surface area contributed by atoms with Crippen molar-refractivity contribution in [1.29, 1.82) is 0 Å². The van der Waals surface area contributed by atoms with Gasteiger partial charge >= 0.3 is 0 Å². The smallest absolute Gasteiger partial charge is 0.137 e. The normalized spacial score (nSPS) is 11.4. The third-order valence-electron chi connectivity index (χ3n) is 11.4. The van der Waals surface area contributed by atoms with Crippen LogP contribution >= 0.6 is 0 Å². The van der Waals surface area contributed by atoms with Gasteiger partial charge in [0.15, 0.2) is 0 Å². The van der Waals surface area contributed by atoms with E-state index in [1.54, 1.807) is 0 Å². The summed E-state index contributed by atoms with van der Waals surface area (Å²) in [6, 6.07) is 80.7. The number of hydrogen-bond acceptors (Lipinski definition) is 2. The molecule has 2 nitrogen and oxygen atoms in total. The molecule has 0 N–H and O–H groups in total. The van der Waals surface area contributed by atoms with Crippen molar-refractivity contribution in [2.45, 2.75) is 0 Å². The maximum Gasteiger partial charge on any atom is 0.137 e. The molecule has 0 aliphatic rings. The summed E-state index contributed by atoms with van der Waals surface area (Å²) >= 11 is 0. The molecule has 58 heavy (non-hydrogen) atoms. The van der Waals surface area contributed by atoms with Crippen molar-refractivity contribution in [2.24, 2.45) is 0 Å². The van der Waals surface area contributed by atoms with E-state index in [0.29, 0.717) is 0 Å². The number of rotatable bonds is 7. The molecule has 0 bridgehead atoms. The molecule has 1 heterocycles. The number of fused-ring (bicyclic) bond motifs is 6. The van der Waals surface area contributed by atoms with Crippen LogP contribution in [0.15, 0.2) is 229 Å². The Balaban J connectivity index is 1.17. The molecule has 0 atom stereocenters. The van der Waals surface area contributed by atoms with Crippen molar-refractivity contribution in [1.82, 2.24) is 0 Å². The molecule has 0 aliphatic carbocycles. The van der Waals surface area contributed by atoms with Crippen LogP contribution in [0.3, 0.4) is 0 Å². The van der Waals surface area contributed by atoms with E-state index in [-0.39, 0.29) is 0 Å². The second-order valence-electron chi connectivity index (χ2n) is 14.8. The molecule has 0 amide bonds. The Hall–Kier alpha value is -7.68. The average Bonchev–Trinajstić information content (AvgIpc) is 3.69. The van der Waals surface area contributed by atoms with E-state index in [4.69, 9.17) is 4.42 Å². The van der Waals surface area contributed by atoms with Crippen LogP contribution in [0, 0.1) is 0 Å². The number of anilines is 3. The molecule has 0 aliphatic heterocycles. The minimum Gasteiger partial charge on any atom is -0.456 e. The Morgan fingerprint density at radius 2 is 0.810 bits per heavy atom. The Kier molecular flexibility index (Phi) is 8.19. The van der Waals surface area contributed by atoms with Gasteiger partial charge < -0.3 is 9.32 Å². The quantitative estimate of drug-likeness (QED) is 0.151. The molecule has 0 radical (unpaired) electrons. The van der Waals surface area contributed by atoms with Crippen LogP contribution in [-0.2, 0) is 0 Å². The van der Waals surface area contributed by atoms with Gasteiger partial charge in [-0.2, -0.15) is 0 Å². The molecule has 2 heteroatoms. The molecule has 11 aromatic rings. The van der Waals surface area contributed by atoms with Gasteiger partial charge in [0.1, 0.15) is 11.2 Å². The summed E-state index contributed by atoms with van der Waals surface area (Å²) in [6.45, 7) is 0. The molecule has 0 fully saturated rings. The van der Waals surface area contributed by atoms with Gasteiger partial charge in [0.25, 0.3) is 0 Å². The predicted octanol–water partition coefficient (Wildman–Crippen LogP) is 16.0. The van der Waals surface area contributed by atoms with Crippen molar-refractivity contribution < 1.29 is 4.42 Å². The fourth-order valence-corrected chi connectivity index (χ4v) is 8.89. The Morgan fingerprint density at radius 3 is 1.57 bits per heavy atom. The molecule has 10 aromatic carbocycles. The lowest BCUT2D eigenvalue weighted by molar-refractivity contribution is 0.669. The maximum absolute atomic E-state index is 6.46. The molecule has 0 saturated carbocycles. The van der Waals surface area contributed by atoms with Gasteiger partial charge in [-0.1, -0.05) is 182 Å². The summed E-state index contributed by atoms with van der Waals surface area (Å²) in [6.07, 6.45) is 0. The highest BCUT2D eigenvalue weighted by molar-refractivity contribution is 6.22. The van der Waals surface area contributed by atoms with E-state index in [0.717, 1.165) is 61.3 Å². The number of para-hydroxylation sites is 2. The van der Waals surface area contributed by atoms with Crippen LogP contribution in [0.1, 0.15) is 0 Å². The highest BCUT2D eigenvalue weighted by Crippen LogP contribution is 2.48. The van der Waals surface area contributed by atoms with Gasteiger partial charge in [0.2, 0.25) is 0 Å². The Morgan fingerprint density at radius 1 is 0.293 bits per heavy atom. The fourth-order valence-electron chi connectivity index (χ4n) is 8.89. The molecule has 1 aromatic heterocycles. The summed E-state index contributed by atoms with van der Waals surface area (Å²) in [5, 5.41) is 7.16. The van der Waals surface area contributed by atoms with Gasteiger partial charge in [-0.05, 0) is 103 Å². The van der Waals surface area contributed by atoms with Crippen molar-refractivity contribution in [3.63, 3.8) is 0 Å². The zero-order valence-electron chi connectivity index (χ0n) is 31.7. The Bertz CT molecular complexity index is 3270. The summed E-state index contributed by atoms with van der Waals surface area (Å²) in [4.78, 5) is 2.41. The molecule has 0 unspecified atom stereocenters. The van der Waals surface area contributed by atoms with Crippen LogP contribution < -0.4 is 4.90 Å². The first-order valence-electron chi connectivity index (χ1n) is 19.8. The number of nitrogens with zero attached hydrogens (tertiary/aromatic N) is 1. The van der Waals surface area contributed by atoms with Gasteiger partial charge in [0.05, 0.1) is 16.8 Å². The van der Waals surface area contributed by atoms with Gasteiger partial charge in [-0.3, -0.25) is 0 Å². The number of furan rings is 1. The van der Waals surface area contributed by atoms with E-state index in [9.17, 15) is 0 Å². The monoisotopic (exact) mass is 739 g/mol. The summed E-state index contributed by atoms with van der Waals surface area (Å²) in [5.41, 5.74) is 14.5. The first-order chi connectivity index (χ1) is 28.8. The molecule has 0 saturated heterocycles. The van der Waals surface area contributed by atoms with Crippen LogP contribution in [0.2, 0.25) is 0 Å². The third-order valence-corrected chi connectivity index (χ3v) is 11.4. The second-order valence-corrected chi connectivity index (χ2v) is 14.8. The molecule has 11 rings (SSSR count). The highest BCUT2D eigenvalue weighted by Gasteiger charge is 2.23. The standard InChI is InChI=1S/C56H37NO/c1-4-18-38(19-5-1)44-26-12-14-30-50(44)57(51-31-17-33-53-56(51)48-29-13-15-32-52(48)58-53)43-25-16-24-41(36-43)42-34-35-46-45-27-10-11-28-47(45)54(39-20-6-2-7-21-39)55(49(46)37-42)40-22-8-3-9-23-40/h1-37H. The van der Waals surface area contributed by atoms with Crippen molar-refractivity contribution in [3.8, 4) is 44.5 Å². The van der Waals surface area contributed by atoms with Crippen LogP contribution in [0.5, 0.6) is 0 Å². The number of hydrogen-bond donors (Lipinski definition) is 0. The van der Waals surface area contributed by atoms with Crippen LogP contribution in [-0.4, -0.2) is 0 Å². The lowest BCUT2D eigenvalue weighted by Gasteiger charge is -2.29. The predicted molar refractivity (Wildman–Crippen MR) is 245 cm³/mol. The van der Waals surface area contributed by atoms with E-state index >= 15 is 0 Å². The van der Waals surface area contributed by atoms with Crippen molar-refractivity contribution in [2.75, 3.05) is 4.90 Å². The highest BCUT2D eigenvalue weighted by atomic mass is 16.3. The third kappa shape index (κ3) is 5.66. The minimum atomic E-state index is 0.862. The van der Waals surface area contributed by atoms with E-state index in [2.05, 4.69) is 223 Å². The largest absolute Gasteiger partial charge is 0.456 e. The van der Waals surface area contributed by atoms with Crippen LogP contribution in [0.25, 0.3) is 88.0 Å². The van der Waals surface area contributed by atoms with E-state index in [1.165, 1.54) is 43.8 Å². The lowest BCUT2D eigenvalue weighted by atomic mass is 9.84. The summed E-state index contributed by atoms with van der Waals surface area (Å²) in [7, 11) is 0. The van der Waals surface area contributed by atoms with Crippen molar-refractivity contribution >= 4 is 60.5 Å². The molecule has 272 valence electrons. The van der Waals surface area contributed by atoms with E-state index < -0.39 is 0 Å². The fraction of sp³-hybridized carbons (Fsp3) is 0. The molecular formula is C56H37NO. The molecular weight excluding hydrogens is 703 g/mol. The first kappa shape index (κ1) is 33.6. The average molecular weight is 740 g/mol. The zero-order valence-corrected chi connectivity index (χ0v) is 31.7. The topological polar surface area (TPSA) is 16.4 Å². The Labute approximate surface area is 337 Å². The van der Waals surface area contributed by atoms with Crippen LogP contribution in [0.4, 0.5) is 17.1 Å². The maximum atomic E-state index is 6.46. The summed E-state index contributed by atoms with van der Waals surface area (Å²) < 4.78 is 6.46. The van der Waals surface area contributed by atoms with Gasteiger partial charge in [-0.25, -0.2) is 0 Å².